The Morgan fingerprint density at radius 1 is 1.20 bits per heavy atom. The fraction of sp³-hybridized carbons (Fsp3) is 0.529. The number of hydrogen-bond acceptors (Lipinski definition) is 3. The smallest absolute Gasteiger partial charge is 0.124 e. The topological polar surface area (TPSA) is 21.7 Å². The van der Waals surface area contributed by atoms with Gasteiger partial charge in [0.05, 0.1) is 26.4 Å². The van der Waals surface area contributed by atoms with Gasteiger partial charge in [0.2, 0.25) is 0 Å². The molecule has 3 rings (SSSR count). The minimum Gasteiger partial charge on any atom is -0.496 e. The van der Waals surface area contributed by atoms with Gasteiger partial charge in [-0.3, -0.25) is 4.90 Å². The molecule has 2 unspecified atom stereocenters. The molecular formula is C17H23NO2. The molecule has 1 aromatic rings. The molecule has 0 spiro atoms. The molecule has 2 bridgehead atoms. The summed E-state index contributed by atoms with van der Waals surface area (Å²) in [5.41, 5.74) is 5.22. The van der Waals surface area contributed by atoms with Gasteiger partial charge in [0.1, 0.15) is 5.75 Å². The highest BCUT2D eigenvalue weighted by atomic mass is 16.5. The van der Waals surface area contributed by atoms with Crippen LogP contribution in [-0.4, -0.2) is 44.4 Å². The van der Waals surface area contributed by atoms with Crippen molar-refractivity contribution >= 4 is 5.57 Å². The van der Waals surface area contributed by atoms with Gasteiger partial charge in [-0.1, -0.05) is 6.08 Å². The van der Waals surface area contributed by atoms with Crippen molar-refractivity contribution in [3.8, 4) is 5.75 Å². The van der Waals surface area contributed by atoms with E-state index in [1.54, 1.807) is 7.11 Å². The Balaban J connectivity index is 1.98. The Labute approximate surface area is 121 Å². The Kier molecular flexibility index (Phi) is 3.57. The van der Waals surface area contributed by atoms with Crippen LogP contribution < -0.4 is 4.74 Å². The monoisotopic (exact) mass is 273 g/mol. The maximum absolute atomic E-state index is 5.67. The second kappa shape index (κ2) is 5.23. The minimum absolute atomic E-state index is 0.417. The maximum Gasteiger partial charge on any atom is 0.124 e. The fourth-order valence-corrected chi connectivity index (χ4v) is 3.43. The third-order valence-corrected chi connectivity index (χ3v) is 4.58. The van der Waals surface area contributed by atoms with E-state index in [9.17, 15) is 0 Å². The Hall–Kier alpha value is -1.32. The van der Waals surface area contributed by atoms with Crippen LogP contribution in [0.1, 0.15) is 23.1 Å². The zero-order chi connectivity index (χ0) is 14.3. The SMILES string of the molecule is COc1c(C)cc(C2=CC3COCC(C2)N3C)cc1C. The normalized spacial score (nSPS) is 26.3. The lowest BCUT2D eigenvalue weighted by atomic mass is 9.89. The van der Waals surface area contributed by atoms with Gasteiger partial charge in [0, 0.05) is 6.04 Å². The first-order valence-corrected chi connectivity index (χ1v) is 7.26. The molecule has 2 aliphatic rings. The molecule has 0 aliphatic carbocycles. The van der Waals surface area contributed by atoms with Crippen molar-refractivity contribution in [2.24, 2.45) is 0 Å². The summed E-state index contributed by atoms with van der Waals surface area (Å²) in [6.07, 6.45) is 3.44. The first-order valence-electron chi connectivity index (χ1n) is 7.26. The van der Waals surface area contributed by atoms with Crippen LogP contribution in [0.25, 0.3) is 5.57 Å². The summed E-state index contributed by atoms with van der Waals surface area (Å²) in [4.78, 5) is 2.44. The number of aryl methyl sites for hydroxylation is 2. The van der Waals surface area contributed by atoms with E-state index in [2.05, 4.69) is 44.0 Å². The summed E-state index contributed by atoms with van der Waals surface area (Å²) in [6.45, 7) is 5.90. The third kappa shape index (κ3) is 2.25. The van der Waals surface area contributed by atoms with Gasteiger partial charge in [0.25, 0.3) is 0 Å². The summed E-state index contributed by atoms with van der Waals surface area (Å²) in [5.74, 6) is 1.01. The summed E-state index contributed by atoms with van der Waals surface area (Å²) in [5, 5.41) is 0. The molecule has 3 heteroatoms. The number of rotatable bonds is 2. The molecule has 1 saturated heterocycles. The van der Waals surface area contributed by atoms with Crippen LogP contribution in [0, 0.1) is 13.8 Å². The number of likely N-dealkylation sites (N-methyl/N-ethyl adjacent to an activating group) is 1. The molecule has 2 atom stereocenters. The van der Waals surface area contributed by atoms with E-state index in [0.717, 1.165) is 25.4 Å². The highest BCUT2D eigenvalue weighted by Gasteiger charge is 2.32. The highest BCUT2D eigenvalue weighted by molar-refractivity contribution is 5.70. The van der Waals surface area contributed by atoms with Gasteiger partial charge in [0.15, 0.2) is 0 Å². The van der Waals surface area contributed by atoms with Gasteiger partial charge in [-0.05, 0) is 61.7 Å². The van der Waals surface area contributed by atoms with Gasteiger partial charge < -0.3 is 9.47 Å². The van der Waals surface area contributed by atoms with Crippen LogP contribution in [0.5, 0.6) is 5.75 Å². The molecule has 1 fully saturated rings. The van der Waals surface area contributed by atoms with Gasteiger partial charge in [-0.15, -0.1) is 0 Å². The van der Waals surface area contributed by atoms with Crippen molar-refractivity contribution in [1.29, 1.82) is 0 Å². The zero-order valence-electron chi connectivity index (χ0n) is 12.8. The molecule has 2 aliphatic heterocycles. The lowest BCUT2D eigenvalue weighted by molar-refractivity contribution is -0.0221. The number of benzene rings is 1. The summed E-state index contributed by atoms with van der Waals surface area (Å²) in [6, 6.07) is 5.43. The zero-order valence-corrected chi connectivity index (χ0v) is 12.8. The quantitative estimate of drug-likeness (QED) is 0.827. The first-order chi connectivity index (χ1) is 9.60. The van der Waals surface area contributed by atoms with Crippen LogP contribution in [0.4, 0.5) is 0 Å². The molecule has 20 heavy (non-hydrogen) atoms. The average Bonchev–Trinajstić information content (AvgIpc) is 2.37. The molecule has 0 aromatic heterocycles. The molecule has 0 radical (unpaired) electrons. The van der Waals surface area contributed by atoms with E-state index < -0.39 is 0 Å². The van der Waals surface area contributed by atoms with E-state index in [1.165, 1.54) is 22.3 Å². The van der Waals surface area contributed by atoms with Crippen LogP contribution in [0.15, 0.2) is 18.2 Å². The van der Waals surface area contributed by atoms with Crippen LogP contribution in [0.3, 0.4) is 0 Å². The predicted octanol–water partition coefficient (Wildman–Crippen LogP) is 2.80. The first kappa shape index (κ1) is 13.7. The van der Waals surface area contributed by atoms with Crippen molar-refractivity contribution in [3.63, 3.8) is 0 Å². The number of fused-ring (bicyclic) bond motifs is 2. The van der Waals surface area contributed by atoms with Gasteiger partial charge in [-0.2, -0.15) is 0 Å². The van der Waals surface area contributed by atoms with E-state index in [-0.39, 0.29) is 0 Å². The van der Waals surface area contributed by atoms with Crippen molar-refractivity contribution in [1.82, 2.24) is 4.90 Å². The summed E-state index contributed by atoms with van der Waals surface area (Å²) in [7, 11) is 3.95. The standard InChI is InChI=1S/C17H23NO2/c1-11-5-13(6-12(2)17(11)19-4)14-7-15-9-20-10-16(8-14)18(15)3/h5-7,15-16H,8-10H2,1-4H3. The predicted molar refractivity (Wildman–Crippen MR) is 81.2 cm³/mol. The number of ether oxygens (including phenoxy) is 2. The Morgan fingerprint density at radius 3 is 2.50 bits per heavy atom. The molecule has 2 heterocycles. The summed E-state index contributed by atoms with van der Waals surface area (Å²) >= 11 is 0. The van der Waals surface area contributed by atoms with Gasteiger partial charge >= 0.3 is 0 Å². The third-order valence-electron chi connectivity index (χ3n) is 4.58. The van der Waals surface area contributed by atoms with E-state index in [1.807, 2.05) is 0 Å². The van der Waals surface area contributed by atoms with E-state index >= 15 is 0 Å². The number of nitrogens with zero attached hydrogens (tertiary/aromatic N) is 1. The van der Waals surface area contributed by atoms with Crippen molar-refractivity contribution in [3.05, 3.63) is 34.9 Å². The highest BCUT2D eigenvalue weighted by Crippen LogP contribution is 2.34. The largest absolute Gasteiger partial charge is 0.496 e. The second-order valence-corrected chi connectivity index (χ2v) is 5.96. The van der Waals surface area contributed by atoms with Crippen molar-refractivity contribution in [2.45, 2.75) is 32.4 Å². The Morgan fingerprint density at radius 2 is 1.90 bits per heavy atom. The van der Waals surface area contributed by atoms with Crippen LogP contribution >= 0.6 is 0 Å². The van der Waals surface area contributed by atoms with Crippen molar-refractivity contribution < 1.29 is 9.47 Å². The molecular weight excluding hydrogens is 250 g/mol. The van der Waals surface area contributed by atoms with E-state index in [4.69, 9.17) is 9.47 Å². The van der Waals surface area contributed by atoms with Crippen LogP contribution in [0.2, 0.25) is 0 Å². The molecule has 3 nitrogen and oxygen atoms in total. The second-order valence-electron chi connectivity index (χ2n) is 5.96. The summed E-state index contributed by atoms with van der Waals surface area (Å²) < 4.78 is 11.1. The molecule has 0 N–H and O–H groups in total. The molecule has 1 aromatic carbocycles. The van der Waals surface area contributed by atoms with Gasteiger partial charge in [-0.25, -0.2) is 0 Å². The average molecular weight is 273 g/mol. The lowest BCUT2D eigenvalue weighted by Gasteiger charge is -2.42. The molecule has 0 saturated carbocycles. The number of morpholine rings is 1. The number of hydrogen-bond donors (Lipinski definition) is 0. The van der Waals surface area contributed by atoms with Crippen LogP contribution in [-0.2, 0) is 4.74 Å². The minimum atomic E-state index is 0.417. The molecule has 0 amide bonds. The fourth-order valence-electron chi connectivity index (χ4n) is 3.43. The molecule has 108 valence electrons. The van der Waals surface area contributed by atoms with E-state index in [0.29, 0.717) is 12.1 Å². The Bertz CT molecular complexity index is 527. The lowest BCUT2D eigenvalue weighted by Crippen LogP contribution is -2.51. The number of methoxy groups -OCH3 is 1. The maximum atomic E-state index is 5.67. The van der Waals surface area contributed by atoms with Crippen molar-refractivity contribution in [2.75, 3.05) is 27.4 Å².